The van der Waals surface area contributed by atoms with Gasteiger partial charge in [0.05, 0.1) is 22.9 Å². The predicted molar refractivity (Wildman–Crippen MR) is 120 cm³/mol. The molecule has 0 spiro atoms. The third kappa shape index (κ3) is 3.74. The van der Waals surface area contributed by atoms with Crippen LogP contribution in [0.5, 0.6) is 0 Å². The van der Waals surface area contributed by atoms with Crippen LogP contribution in [-0.4, -0.2) is 39.6 Å². The second-order valence-electron chi connectivity index (χ2n) is 8.88. The number of hydrogen-bond donors (Lipinski definition) is 0. The molecule has 0 N–H and O–H groups in total. The molecule has 0 bridgehead atoms. The van der Waals surface area contributed by atoms with Gasteiger partial charge in [-0.05, 0) is 101 Å². The number of rotatable bonds is 4. The summed E-state index contributed by atoms with van der Waals surface area (Å²) < 4.78 is 2.54. The summed E-state index contributed by atoms with van der Waals surface area (Å²) in [5.41, 5.74) is 8.33. The van der Waals surface area contributed by atoms with Crippen molar-refractivity contribution in [1.82, 2.24) is 19.4 Å². The Morgan fingerprint density at radius 2 is 1.76 bits per heavy atom. The fraction of sp³-hybridized carbons (Fsp3) is 0.440. The van der Waals surface area contributed by atoms with E-state index in [0.29, 0.717) is 6.04 Å². The van der Waals surface area contributed by atoms with E-state index < -0.39 is 0 Å². The molecular formula is C25H30N4. The highest BCUT2D eigenvalue weighted by Crippen LogP contribution is 2.40. The molecule has 1 aliphatic carbocycles. The first-order valence-electron chi connectivity index (χ1n) is 10.9. The zero-order chi connectivity index (χ0) is 20.0. The number of benzene rings is 1. The summed E-state index contributed by atoms with van der Waals surface area (Å²) in [6.45, 7) is 6.85. The monoisotopic (exact) mass is 386 g/mol. The topological polar surface area (TPSA) is 34.0 Å². The van der Waals surface area contributed by atoms with Crippen molar-refractivity contribution in [3.8, 4) is 0 Å². The summed E-state index contributed by atoms with van der Waals surface area (Å²) in [5.74, 6) is 0.741. The maximum atomic E-state index is 4.86. The van der Waals surface area contributed by atoms with Crippen LogP contribution in [0.1, 0.15) is 65.9 Å². The Bertz CT molecular complexity index is 1070. The second kappa shape index (κ2) is 7.42. The minimum atomic E-state index is 0.620. The van der Waals surface area contributed by atoms with Gasteiger partial charge in [-0.2, -0.15) is 0 Å². The van der Waals surface area contributed by atoms with Crippen molar-refractivity contribution in [3.05, 3.63) is 58.7 Å². The zero-order valence-electron chi connectivity index (χ0n) is 17.7. The van der Waals surface area contributed by atoms with Gasteiger partial charge in [-0.1, -0.05) is 12.1 Å². The Kier molecular flexibility index (Phi) is 4.75. The van der Waals surface area contributed by atoms with Crippen molar-refractivity contribution < 1.29 is 0 Å². The highest BCUT2D eigenvalue weighted by molar-refractivity contribution is 5.78. The van der Waals surface area contributed by atoms with Crippen LogP contribution in [0.4, 0.5) is 0 Å². The first kappa shape index (κ1) is 18.6. The molecule has 0 atom stereocenters. The molecule has 2 aromatic heterocycles. The fourth-order valence-electron chi connectivity index (χ4n) is 4.76. The van der Waals surface area contributed by atoms with E-state index in [0.717, 1.165) is 22.6 Å². The van der Waals surface area contributed by atoms with Crippen LogP contribution >= 0.6 is 0 Å². The van der Waals surface area contributed by atoms with Crippen LogP contribution in [0.25, 0.3) is 23.2 Å². The SMILES string of the molecule is Cc1cc(/C=C/c2cnc3ccc(C4CC4)cc3n2)c(C)n1C1CCN(C)CC1. The largest absolute Gasteiger partial charge is 0.345 e. The van der Waals surface area contributed by atoms with E-state index in [-0.39, 0.29) is 0 Å². The molecule has 5 rings (SSSR count). The summed E-state index contributed by atoms with van der Waals surface area (Å²) in [5, 5.41) is 0. The zero-order valence-corrected chi connectivity index (χ0v) is 17.7. The molecule has 0 radical (unpaired) electrons. The quantitative estimate of drug-likeness (QED) is 0.605. The van der Waals surface area contributed by atoms with Crippen LogP contribution in [0.15, 0.2) is 30.5 Å². The van der Waals surface area contributed by atoms with E-state index in [4.69, 9.17) is 4.98 Å². The highest BCUT2D eigenvalue weighted by Gasteiger charge is 2.24. The fourth-order valence-corrected chi connectivity index (χ4v) is 4.76. The summed E-state index contributed by atoms with van der Waals surface area (Å²) in [6, 6.07) is 9.48. The summed E-state index contributed by atoms with van der Waals surface area (Å²) in [6.07, 6.45) is 11.3. The van der Waals surface area contributed by atoms with Gasteiger partial charge in [-0.25, -0.2) is 4.98 Å². The minimum absolute atomic E-state index is 0.620. The van der Waals surface area contributed by atoms with Gasteiger partial charge in [0.1, 0.15) is 0 Å². The van der Waals surface area contributed by atoms with Crippen molar-refractivity contribution >= 4 is 23.2 Å². The summed E-state index contributed by atoms with van der Waals surface area (Å²) in [7, 11) is 2.22. The van der Waals surface area contributed by atoms with Gasteiger partial charge < -0.3 is 9.47 Å². The van der Waals surface area contributed by atoms with Gasteiger partial charge in [0.2, 0.25) is 0 Å². The Hall–Kier alpha value is -2.46. The molecular weight excluding hydrogens is 356 g/mol. The molecule has 0 amide bonds. The van der Waals surface area contributed by atoms with Gasteiger partial charge in [-0.3, -0.25) is 4.98 Å². The highest BCUT2D eigenvalue weighted by atomic mass is 15.1. The molecule has 1 aliphatic heterocycles. The molecule has 1 saturated heterocycles. The lowest BCUT2D eigenvalue weighted by atomic mass is 10.0. The number of nitrogens with zero attached hydrogens (tertiary/aromatic N) is 4. The third-order valence-electron chi connectivity index (χ3n) is 6.64. The lowest BCUT2D eigenvalue weighted by molar-refractivity contribution is 0.218. The van der Waals surface area contributed by atoms with Gasteiger partial charge in [0, 0.05) is 17.4 Å². The summed E-state index contributed by atoms with van der Waals surface area (Å²) in [4.78, 5) is 11.9. The molecule has 3 aromatic rings. The third-order valence-corrected chi connectivity index (χ3v) is 6.64. The number of aromatic nitrogens is 3. The maximum absolute atomic E-state index is 4.86. The summed E-state index contributed by atoms with van der Waals surface area (Å²) >= 11 is 0. The van der Waals surface area contributed by atoms with E-state index in [2.05, 4.69) is 71.8 Å². The van der Waals surface area contributed by atoms with Crippen LogP contribution in [0, 0.1) is 13.8 Å². The van der Waals surface area contributed by atoms with E-state index in [9.17, 15) is 0 Å². The van der Waals surface area contributed by atoms with Crippen LogP contribution in [-0.2, 0) is 0 Å². The number of likely N-dealkylation sites (tertiary alicyclic amines) is 1. The van der Waals surface area contributed by atoms with Gasteiger partial charge >= 0.3 is 0 Å². The molecule has 2 aliphatic rings. The van der Waals surface area contributed by atoms with Gasteiger partial charge in [0.15, 0.2) is 0 Å². The molecule has 4 nitrogen and oxygen atoms in total. The number of piperidine rings is 1. The number of aryl methyl sites for hydroxylation is 1. The van der Waals surface area contributed by atoms with E-state index >= 15 is 0 Å². The first-order chi connectivity index (χ1) is 14.1. The normalized spacial score (nSPS) is 18.9. The van der Waals surface area contributed by atoms with Crippen LogP contribution in [0.3, 0.4) is 0 Å². The molecule has 150 valence electrons. The smallest absolute Gasteiger partial charge is 0.0896 e. The van der Waals surface area contributed by atoms with E-state index in [1.807, 2.05) is 6.20 Å². The minimum Gasteiger partial charge on any atom is -0.345 e. The maximum Gasteiger partial charge on any atom is 0.0896 e. The van der Waals surface area contributed by atoms with Crippen LogP contribution in [0.2, 0.25) is 0 Å². The lowest BCUT2D eigenvalue weighted by Crippen LogP contribution is -2.32. The van der Waals surface area contributed by atoms with Crippen LogP contribution < -0.4 is 0 Å². The molecule has 4 heteroatoms. The molecule has 3 heterocycles. The second-order valence-corrected chi connectivity index (χ2v) is 8.88. The van der Waals surface area contributed by atoms with Gasteiger partial charge in [0.25, 0.3) is 0 Å². The average Bonchev–Trinajstić information content (AvgIpc) is 3.53. The Balaban J connectivity index is 1.40. The standard InChI is InChI=1S/C25H30N4/c1-17-14-20(18(2)29(17)23-10-12-28(3)13-11-23)6-8-22-16-26-24-9-7-21(19-4-5-19)15-25(24)27-22/h6-9,14-16,19,23H,4-5,10-13H2,1-3H3/b8-6+. The van der Waals surface area contributed by atoms with Crippen molar-refractivity contribution in [1.29, 1.82) is 0 Å². The Labute approximate surface area is 173 Å². The molecule has 1 saturated carbocycles. The number of fused-ring (bicyclic) bond motifs is 1. The lowest BCUT2D eigenvalue weighted by Gasteiger charge is -2.31. The van der Waals surface area contributed by atoms with Gasteiger partial charge in [-0.15, -0.1) is 0 Å². The predicted octanol–water partition coefficient (Wildman–Crippen LogP) is 5.36. The van der Waals surface area contributed by atoms with E-state index in [1.54, 1.807) is 0 Å². The Morgan fingerprint density at radius 3 is 2.52 bits per heavy atom. The van der Waals surface area contributed by atoms with Crippen molar-refractivity contribution in [3.63, 3.8) is 0 Å². The van der Waals surface area contributed by atoms with Crippen molar-refractivity contribution in [2.24, 2.45) is 0 Å². The van der Waals surface area contributed by atoms with Crippen molar-refractivity contribution in [2.45, 2.75) is 51.5 Å². The van der Waals surface area contributed by atoms with Crippen molar-refractivity contribution in [2.75, 3.05) is 20.1 Å². The van der Waals surface area contributed by atoms with E-state index in [1.165, 1.54) is 61.3 Å². The molecule has 29 heavy (non-hydrogen) atoms. The average molecular weight is 387 g/mol. The molecule has 0 unspecified atom stereocenters. The first-order valence-corrected chi connectivity index (χ1v) is 10.9. The molecule has 1 aromatic carbocycles. The number of hydrogen-bond acceptors (Lipinski definition) is 3. The molecule has 2 fully saturated rings. The Morgan fingerprint density at radius 1 is 0.966 bits per heavy atom.